The van der Waals surface area contributed by atoms with Crippen molar-refractivity contribution in [3.63, 3.8) is 0 Å². The van der Waals surface area contributed by atoms with Gasteiger partial charge in [0.1, 0.15) is 11.3 Å². The van der Waals surface area contributed by atoms with E-state index in [0.717, 1.165) is 5.69 Å². The molecule has 0 unspecified atom stereocenters. The number of nitrogens with zero attached hydrogens (tertiary/aromatic N) is 1. The highest BCUT2D eigenvalue weighted by Gasteiger charge is 2.10. The summed E-state index contributed by atoms with van der Waals surface area (Å²) in [5, 5.41) is 23.3. The largest absolute Gasteiger partial charge is 0.507 e. The fourth-order valence-electron chi connectivity index (χ4n) is 1.52. The number of anilines is 1. The van der Waals surface area contributed by atoms with Crippen LogP contribution in [0.4, 0.5) is 10.5 Å². The molecule has 1 aromatic carbocycles. The number of hydrogen-bond acceptors (Lipinski definition) is 4. The normalized spacial score (nSPS) is 10.0. The van der Waals surface area contributed by atoms with E-state index in [-0.39, 0.29) is 17.8 Å². The van der Waals surface area contributed by atoms with Gasteiger partial charge in [-0.1, -0.05) is 0 Å². The lowest BCUT2D eigenvalue weighted by Crippen LogP contribution is -2.28. The summed E-state index contributed by atoms with van der Waals surface area (Å²) in [6.45, 7) is 0.269. The van der Waals surface area contributed by atoms with Crippen LogP contribution in [0.2, 0.25) is 0 Å². The van der Waals surface area contributed by atoms with Crippen molar-refractivity contribution in [3.8, 4) is 5.75 Å². The predicted octanol–water partition coefficient (Wildman–Crippen LogP) is 1.14. The lowest BCUT2D eigenvalue weighted by molar-refractivity contribution is 0.0694. The molecule has 0 saturated heterocycles. The molecule has 0 aliphatic rings. The maximum absolute atomic E-state index is 11.6. The Hall–Kier alpha value is -3.03. The van der Waals surface area contributed by atoms with E-state index in [0.29, 0.717) is 0 Å². The van der Waals surface area contributed by atoms with Crippen LogP contribution in [0.1, 0.15) is 16.1 Å². The van der Waals surface area contributed by atoms with Gasteiger partial charge in [0.15, 0.2) is 0 Å². The number of amides is 2. The highest BCUT2D eigenvalue weighted by molar-refractivity contribution is 5.93. The molecule has 8 nitrogen and oxygen atoms in total. The number of aromatic amines is 1. The Labute approximate surface area is 113 Å². The number of nitrogens with one attached hydrogen (secondary N) is 3. The van der Waals surface area contributed by atoms with Gasteiger partial charge in [0.05, 0.1) is 18.6 Å². The molecule has 0 aliphatic heterocycles. The highest BCUT2D eigenvalue weighted by atomic mass is 16.4. The van der Waals surface area contributed by atoms with E-state index in [1.54, 1.807) is 6.20 Å². The Morgan fingerprint density at radius 1 is 1.35 bits per heavy atom. The summed E-state index contributed by atoms with van der Waals surface area (Å²) in [5.74, 6) is -1.65. The van der Waals surface area contributed by atoms with Crippen molar-refractivity contribution < 1.29 is 19.8 Å². The molecular weight excluding hydrogens is 264 g/mol. The fourth-order valence-corrected chi connectivity index (χ4v) is 1.52. The van der Waals surface area contributed by atoms with Crippen LogP contribution in [0.5, 0.6) is 5.75 Å². The number of rotatable bonds is 4. The lowest BCUT2D eigenvalue weighted by atomic mass is 10.2. The molecule has 5 N–H and O–H groups in total. The van der Waals surface area contributed by atoms with Crippen molar-refractivity contribution in [2.24, 2.45) is 0 Å². The minimum Gasteiger partial charge on any atom is -0.507 e. The zero-order valence-corrected chi connectivity index (χ0v) is 10.3. The molecule has 20 heavy (non-hydrogen) atoms. The van der Waals surface area contributed by atoms with Crippen molar-refractivity contribution in [1.29, 1.82) is 0 Å². The molecule has 0 spiro atoms. The van der Waals surface area contributed by atoms with Crippen LogP contribution >= 0.6 is 0 Å². The third-order valence-corrected chi connectivity index (χ3v) is 2.48. The van der Waals surface area contributed by atoms with Crippen molar-refractivity contribution in [1.82, 2.24) is 15.3 Å². The van der Waals surface area contributed by atoms with E-state index in [1.165, 1.54) is 24.5 Å². The van der Waals surface area contributed by atoms with Crippen molar-refractivity contribution in [3.05, 3.63) is 42.0 Å². The zero-order valence-electron chi connectivity index (χ0n) is 10.3. The number of benzene rings is 1. The molecule has 0 aliphatic carbocycles. The molecule has 0 saturated carbocycles. The number of phenols is 1. The van der Waals surface area contributed by atoms with E-state index in [2.05, 4.69) is 20.6 Å². The first-order chi connectivity index (χ1) is 9.56. The number of carbonyl (C=O) groups is 2. The first-order valence-corrected chi connectivity index (χ1v) is 5.64. The van der Waals surface area contributed by atoms with Crippen molar-refractivity contribution in [2.45, 2.75) is 6.54 Å². The molecule has 0 fully saturated rings. The molecule has 2 amide bonds. The quantitative estimate of drug-likeness (QED) is 0.572. The standard InChI is InChI=1S/C12H12N4O4/c17-10-3-7(1-2-9(10)11(18)19)16-12(20)14-5-8-4-13-6-15-8/h1-4,6,17H,5H2,(H,13,15)(H,18,19)(H2,14,16,20). The molecule has 2 aromatic rings. The molecule has 2 rings (SSSR count). The summed E-state index contributed by atoms with van der Waals surface area (Å²) >= 11 is 0. The van der Waals surface area contributed by atoms with Gasteiger partial charge in [-0.15, -0.1) is 0 Å². The summed E-state index contributed by atoms with van der Waals surface area (Å²) in [7, 11) is 0. The average Bonchev–Trinajstić information content (AvgIpc) is 2.89. The molecular formula is C12H12N4O4. The first-order valence-electron chi connectivity index (χ1n) is 5.64. The summed E-state index contributed by atoms with van der Waals surface area (Å²) in [6.07, 6.45) is 3.07. The van der Waals surface area contributed by atoms with E-state index in [9.17, 15) is 14.7 Å². The van der Waals surface area contributed by atoms with Crippen LogP contribution < -0.4 is 10.6 Å². The Morgan fingerprint density at radius 3 is 2.75 bits per heavy atom. The van der Waals surface area contributed by atoms with Crippen LogP contribution in [0, 0.1) is 0 Å². The second-order valence-corrected chi connectivity index (χ2v) is 3.92. The van der Waals surface area contributed by atoms with Gasteiger partial charge < -0.3 is 25.8 Å². The molecule has 8 heteroatoms. The summed E-state index contributed by atoms with van der Waals surface area (Å²) in [5.41, 5.74) is 0.798. The van der Waals surface area contributed by atoms with Gasteiger partial charge >= 0.3 is 12.0 Å². The number of H-pyrrole nitrogens is 1. The van der Waals surface area contributed by atoms with E-state index >= 15 is 0 Å². The van der Waals surface area contributed by atoms with Gasteiger partial charge in [-0.3, -0.25) is 0 Å². The molecule has 0 radical (unpaired) electrons. The number of hydrogen-bond donors (Lipinski definition) is 5. The number of aromatic hydroxyl groups is 1. The van der Waals surface area contributed by atoms with Crippen molar-refractivity contribution >= 4 is 17.7 Å². The maximum atomic E-state index is 11.6. The number of urea groups is 1. The number of imidazole rings is 1. The topological polar surface area (TPSA) is 127 Å². The Morgan fingerprint density at radius 2 is 2.15 bits per heavy atom. The molecule has 1 aromatic heterocycles. The fraction of sp³-hybridized carbons (Fsp3) is 0.0833. The van der Waals surface area contributed by atoms with Gasteiger partial charge in [-0.2, -0.15) is 0 Å². The monoisotopic (exact) mass is 276 g/mol. The minimum absolute atomic E-state index is 0.228. The Balaban J connectivity index is 1.94. The summed E-state index contributed by atoms with van der Waals surface area (Å²) in [4.78, 5) is 28.9. The van der Waals surface area contributed by atoms with Gasteiger partial charge in [0, 0.05) is 18.0 Å². The molecule has 0 atom stereocenters. The van der Waals surface area contributed by atoms with Crippen LogP contribution in [-0.2, 0) is 6.54 Å². The summed E-state index contributed by atoms with van der Waals surface area (Å²) < 4.78 is 0. The van der Waals surface area contributed by atoms with Gasteiger partial charge in [0.2, 0.25) is 0 Å². The smallest absolute Gasteiger partial charge is 0.339 e. The molecule has 0 bridgehead atoms. The summed E-state index contributed by atoms with van der Waals surface area (Å²) in [6, 6.07) is 3.28. The maximum Gasteiger partial charge on any atom is 0.339 e. The minimum atomic E-state index is -1.24. The van der Waals surface area contributed by atoms with Gasteiger partial charge in [0.25, 0.3) is 0 Å². The Kier molecular flexibility index (Phi) is 3.85. The van der Waals surface area contributed by atoms with Gasteiger partial charge in [-0.25, -0.2) is 14.6 Å². The predicted molar refractivity (Wildman–Crippen MR) is 69.5 cm³/mol. The van der Waals surface area contributed by atoms with Gasteiger partial charge in [-0.05, 0) is 12.1 Å². The second kappa shape index (κ2) is 5.74. The number of carboxylic acid groups (broad SMARTS) is 1. The number of carbonyl (C=O) groups excluding carboxylic acids is 1. The zero-order chi connectivity index (χ0) is 14.5. The van der Waals surface area contributed by atoms with Crippen LogP contribution in [0.25, 0.3) is 0 Å². The third kappa shape index (κ3) is 3.25. The first kappa shape index (κ1) is 13.4. The van der Waals surface area contributed by atoms with Crippen LogP contribution in [-0.4, -0.2) is 32.2 Å². The number of aromatic nitrogens is 2. The Bertz CT molecular complexity index is 624. The SMILES string of the molecule is O=C(NCc1cnc[nH]1)Nc1ccc(C(=O)O)c(O)c1. The van der Waals surface area contributed by atoms with E-state index < -0.39 is 17.7 Å². The number of aromatic carboxylic acids is 1. The lowest BCUT2D eigenvalue weighted by Gasteiger charge is -2.08. The third-order valence-electron chi connectivity index (χ3n) is 2.48. The average molecular weight is 276 g/mol. The number of carboxylic acids is 1. The van der Waals surface area contributed by atoms with Crippen molar-refractivity contribution in [2.75, 3.05) is 5.32 Å². The molecule has 1 heterocycles. The second-order valence-electron chi connectivity index (χ2n) is 3.92. The van der Waals surface area contributed by atoms with Crippen LogP contribution in [0.15, 0.2) is 30.7 Å². The van der Waals surface area contributed by atoms with Crippen LogP contribution in [0.3, 0.4) is 0 Å². The van der Waals surface area contributed by atoms with E-state index in [4.69, 9.17) is 5.11 Å². The molecule has 104 valence electrons. The van der Waals surface area contributed by atoms with E-state index in [1.807, 2.05) is 0 Å². The highest BCUT2D eigenvalue weighted by Crippen LogP contribution is 2.21.